The van der Waals surface area contributed by atoms with Crippen LogP contribution in [0.1, 0.15) is 38.2 Å². The Morgan fingerprint density at radius 1 is 1.07 bits per heavy atom. The number of rotatable bonds is 5. The second kappa shape index (κ2) is 7.67. The fraction of sp³-hybridized carbons (Fsp3) is 0.286. The predicted octanol–water partition coefficient (Wildman–Crippen LogP) is 4.18. The summed E-state index contributed by atoms with van der Waals surface area (Å²) in [4.78, 5) is 0.392. The maximum absolute atomic E-state index is 12.7. The molecule has 4 rings (SSSR count). The minimum absolute atomic E-state index is 0.236. The molecule has 0 radical (unpaired) electrons. The minimum Gasteiger partial charge on any atom is -0.259 e. The van der Waals surface area contributed by atoms with Crippen molar-refractivity contribution in [2.75, 3.05) is 5.43 Å². The van der Waals surface area contributed by atoms with Gasteiger partial charge in [-0.3, -0.25) is 5.43 Å². The van der Waals surface area contributed by atoms with E-state index < -0.39 is 9.84 Å². The molecule has 0 spiro atoms. The average molecular weight is 395 g/mol. The fourth-order valence-corrected chi connectivity index (χ4v) is 5.44. The normalized spacial score (nSPS) is 15.8. The Morgan fingerprint density at radius 2 is 1.79 bits per heavy atom. The van der Waals surface area contributed by atoms with E-state index in [4.69, 9.17) is 0 Å². The van der Waals surface area contributed by atoms with Gasteiger partial charge in [0.1, 0.15) is 0 Å². The van der Waals surface area contributed by atoms with Gasteiger partial charge in [0.25, 0.3) is 0 Å². The van der Waals surface area contributed by atoms with Crippen LogP contribution < -0.4 is 5.43 Å². The summed E-state index contributed by atoms with van der Waals surface area (Å²) in [5.74, 6) is 0.581. The van der Waals surface area contributed by atoms with E-state index >= 15 is 0 Å². The highest BCUT2D eigenvalue weighted by molar-refractivity contribution is 7.92. The zero-order valence-electron chi connectivity index (χ0n) is 15.7. The van der Waals surface area contributed by atoms with Crippen molar-refractivity contribution in [1.82, 2.24) is 10.2 Å². The first-order chi connectivity index (χ1) is 13.6. The number of hydrazone groups is 1. The lowest BCUT2D eigenvalue weighted by Gasteiger charge is -2.11. The lowest BCUT2D eigenvalue weighted by atomic mass is 10.1. The van der Waals surface area contributed by atoms with Crippen molar-refractivity contribution in [3.05, 3.63) is 60.3 Å². The van der Waals surface area contributed by atoms with Crippen LogP contribution in [0.3, 0.4) is 0 Å². The lowest BCUT2D eigenvalue weighted by molar-refractivity contribution is 0.579. The van der Waals surface area contributed by atoms with Crippen LogP contribution in [0.2, 0.25) is 0 Å². The first-order valence-corrected chi connectivity index (χ1v) is 11.0. The summed E-state index contributed by atoms with van der Waals surface area (Å²) in [6.07, 6.45) is 5.23. The van der Waals surface area contributed by atoms with Crippen molar-refractivity contribution >= 4 is 32.1 Å². The SMILES string of the molecule is C/C(=N\Nc1nncc2ccccc12)c1ccc(S(=O)(=O)C2CCCC2)cc1. The van der Waals surface area contributed by atoms with E-state index in [1.165, 1.54) is 0 Å². The van der Waals surface area contributed by atoms with Crippen molar-refractivity contribution in [1.29, 1.82) is 0 Å². The van der Waals surface area contributed by atoms with Crippen molar-refractivity contribution in [3.63, 3.8) is 0 Å². The molecule has 3 aromatic rings. The van der Waals surface area contributed by atoms with Crippen LogP contribution in [0.25, 0.3) is 10.8 Å². The number of sulfone groups is 1. The maximum atomic E-state index is 12.7. The summed E-state index contributed by atoms with van der Waals surface area (Å²) in [7, 11) is -3.23. The summed E-state index contributed by atoms with van der Waals surface area (Å²) in [6.45, 7) is 1.87. The Bertz CT molecular complexity index is 1110. The van der Waals surface area contributed by atoms with Crippen LogP contribution in [0.15, 0.2) is 64.7 Å². The summed E-state index contributed by atoms with van der Waals surface area (Å²) < 4.78 is 25.4. The summed E-state index contributed by atoms with van der Waals surface area (Å²) in [5, 5.41) is 14.2. The number of anilines is 1. The second-order valence-corrected chi connectivity index (χ2v) is 9.29. The van der Waals surface area contributed by atoms with Gasteiger partial charge in [-0.05, 0) is 37.5 Å². The van der Waals surface area contributed by atoms with Crippen LogP contribution in [0.4, 0.5) is 5.82 Å². The number of nitrogens with one attached hydrogen (secondary N) is 1. The second-order valence-electron chi connectivity index (χ2n) is 7.07. The minimum atomic E-state index is -3.23. The average Bonchev–Trinajstić information content (AvgIpc) is 3.28. The van der Waals surface area contributed by atoms with Gasteiger partial charge in [0.05, 0.1) is 22.1 Å². The Morgan fingerprint density at radius 3 is 2.54 bits per heavy atom. The molecular formula is C21H22N4O2S. The van der Waals surface area contributed by atoms with E-state index in [0.29, 0.717) is 10.7 Å². The molecular weight excluding hydrogens is 372 g/mol. The third-order valence-electron chi connectivity index (χ3n) is 5.24. The molecule has 1 saturated carbocycles. The number of hydrogen-bond acceptors (Lipinski definition) is 6. The molecule has 1 aromatic heterocycles. The number of hydrogen-bond donors (Lipinski definition) is 1. The molecule has 1 fully saturated rings. The van der Waals surface area contributed by atoms with Gasteiger partial charge in [0.15, 0.2) is 15.7 Å². The largest absolute Gasteiger partial charge is 0.259 e. The predicted molar refractivity (Wildman–Crippen MR) is 111 cm³/mol. The molecule has 0 saturated heterocycles. The van der Waals surface area contributed by atoms with Gasteiger partial charge >= 0.3 is 0 Å². The molecule has 0 bridgehead atoms. The smallest absolute Gasteiger partial charge is 0.181 e. The quantitative estimate of drug-likeness (QED) is 0.518. The first-order valence-electron chi connectivity index (χ1n) is 9.41. The van der Waals surface area contributed by atoms with Gasteiger partial charge in [0, 0.05) is 10.8 Å². The van der Waals surface area contributed by atoms with Crippen LogP contribution in [0, 0.1) is 0 Å². The lowest BCUT2D eigenvalue weighted by Crippen LogP contribution is -2.17. The third kappa shape index (κ3) is 3.62. The molecule has 1 aliphatic carbocycles. The van der Waals surface area contributed by atoms with E-state index in [9.17, 15) is 8.42 Å². The highest BCUT2D eigenvalue weighted by atomic mass is 32.2. The Hall–Kier alpha value is -2.80. The number of fused-ring (bicyclic) bond motifs is 1. The molecule has 0 amide bonds. The van der Waals surface area contributed by atoms with Crippen molar-refractivity contribution < 1.29 is 8.42 Å². The molecule has 1 heterocycles. The fourth-order valence-electron chi connectivity index (χ4n) is 3.59. The zero-order chi connectivity index (χ0) is 19.6. The molecule has 1 aliphatic rings. The van der Waals surface area contributed by atoms with Gasteiger partial charge in [-0.1, -0.05) is 49.2 Å². The van der Waals surface area contributed by atoms with E-state index in [0.717, 1.165) is 47.7 Å². The molecule has 144 valence electrons. The Balaban J connectivity index is 1.54. The van der Waals surface area contributed by atoms with Crippen molar-refractivity contribution in [3.8, 4) is 0 Å². The molecule has 1 N–H and O–H groups in total. The van der Waals surface area contributed by atoms with Crippen LogP contribution >= 0.6 is 0 Å². The van der Waals surface area contributed by atoms with Crippen LogP contribution in [0.5, 0.6) is 0 Å². The van der Waals surface area contributed by atoms with Gasteiger partial charge < -0.3 is 0 Å². The molecule has 28 heavy (non-hydrogen) atoms. The summed E-state index contributed by atoms with van der Waals surface area (Å²) in [5.41, 5.74) is 4.56. The molecule has 0 unspecified atom stereocenters. The molecule has 0 atom stereocenters. The number of nitrogens with zero attached hydrogens (tertiary/aromatic N) is 3. The Kier molecular flexibility index (Phi) is 5.09. The topological polar surface area (TPSA) is 84.3 Å². The van der Waals surface area contributed by atoms with Gasteiger partial charge in [0.2, 0.25) is 0 Å². The van der Waals surface area contributed by atoms with Crippen molar-refractivity contribution in [2.45, 2.75) is 42.8 Å². The molecule has 0 aliphatic heterocycles. The first kappa shape index (κ1) is 18.6. The van der Waals surface area contributed by atoms with E-state index in [2.05, 4.69) is 20.7 Å². The molecule has 2 aromatic carbocycles. The molecule has 6 nitrogen and oxygen atoms in total. The maximum Gasteiger partial charge on any atom is 0.181 e. The van der Waals surface area contributed by atoms with E-state index in [1.54, 1.807) is 30.5 Å². The standard InChI is InChI=1S/C21H22N4O2S/c1-15(23-25-21-20-9-5-2-6-17(20)14-22-24-21)16-10-12-19(13-11-16)28(26,27)18-7-3-4-8-18/h2,5-6,9-14,18H,3-4,7-8H2,1H3,(H,24,25)/b23-15+. The van der Waals surface area contributed by atoms with Gasteiger partial charge in [-0.25, -0.2) is 8.42 Å². The van der Waals surface area contributed by atoms with E-state index in [1.807, 2.05) is 31.2 Å². The summed E-state index contributed by atoms with van der Waals surface area (Å²) in [6, 6.07) is 14.8. The number of benzene rings is 2. The third-order valence-corrected chi connectivity index (χ3v) is 7.52. The monoisotopic (exact) mass is 394 g/mol. The summed E-state index contributed by atoms with van der Waals surface area (Å²) >= 11 is 0. The number of aromatic nitrogens is 2. The van der Waals surface area contributed by atoms with Crippen molar-refractivity contribution in [2.24, 2.45) is 5.10 Å². The highest BCUT2D eigenvalue weighted by Gasteiger charge is 2.30. The zero-order valence-corrected chi connectivity index (χ0v) is 16.5. The van der Waals surface area contributed by atoms with Gasteiger partial charge in [-0.15, -0.1) is 5.10 Å². The van der Waals surface area contributed by atoms with E-state index in [-0.39, 0.29) is 5.25 Å². The van der Waals surface area contributed by atoms with Crippen LogP contribution in [-0.4, -0.2) is 29.6 Å². The van der Waals surface area contributed by atoms with Crippen LogP contribution in [-0.2, 0) is 9.84 Å². The molecule has 7 heteroatoms. The Labute approximate surface area is 164 Å². The van der Waals surface area contributed by atoms with Gasteiger partial charge in [-0.2, -0.15) is 10.2 Å². The highest BCUT2D eigenvalue weighted by Crippen LogP contribution is 2.29.